The fraction of sp³-hybridized carbons (Fsp3) is 0.240. The molecule has 1 heterocycles. The maximum absolute atomic E-state index is 12.1. The van der Waals surface area contributed by atoms with E-state index in [4.69, 9.17) is 10.5 Å². The van der Waals surface area contributed by atoms with Gasteiger partial charge in [-0.2, -0.15) is 0 Å². The number of nitrogens with one attached hydrogen (secondary N) is 1. The summed E-state index contributed by atoms with van der Waals surface area (Å²) in [6, 6.07) is 22.3. The van der Waals surface area contributed by atoms with Gasteiger partial charge in [-0.05, 0) is 59.3 Å². The number of hydrogen-bond donors (Lipinski definition) is 2. The predicted octanol–water partition coefficient (Wildman–Crippen LogP) is 4.89. The Labute approximate surface area is 170 Å². The Balaban J connectivity index is 1.49. The topological polar surface area (TPSA) is 68.1 Å². The highest BCUT2D eigenvalue weighted by Gasteiger charge is 2.22. The standard InChI is InChI=1S/C25H26N2O2/c1-3-17-14-20-8-10-21(16-23(20)27-24(17)28)25(2,26)12-13-29-22-11-9-18-6-4-5-7-19(18)15-22/h4-11,14-16H,3,12-13,26H2,1-2H3,(H,27,28). The van der Waals surface area contributed by atoms with Gasteiger partial charge in [0.05, 0.1) is 6.61 Å². The molecule has 0 saturated carbocycles. The summed E-state index contributed by atoms with van der Waals surface area (Å²) in [5, 5.41) is 3.37. The molecule has 4 heteroatoms. The van der Waals surface area contributed by atoms with E-state index in [1.165, 1.54) is 5.39 Å². The van der Waals surface area contributed by atoms with Crippen molar-refractivity contribution in [2.45, 2.75) is 32.2 Å². The molecule has 1 atom stereocenters. The van der Waals surface area contributed by atoms with Crippen LogP contribution in [0.5, 0.6) is 5.75 Å². The molecule has 0 bridgehead atoms. The van der Waals surface area contributed by atoms with Crippen molar-refractivity contribution in [1.82, 2.24) is 4.98 Å². The molecule has 0 radical (unpaired) electrons. The lowest BCUT2D eigenvalue weighted by Crippen LogP contribution is -2.34. The molecule has 148 valence electrons. The van der Waals surface area contributed by atoms with E-state index in [-0.39, 0.29) is 5.56 Å². The molecule has 0 aliphatic carbocycles. The van der Waals surface area contributed by atoms with E-state index in [1.54, 1.807) is 0 Å². The second-order valence-corrected chi connectivity index (χ2v) is 7.80. The highest BCUT2D eigenvalue weighted by molar-refractivity contribution is 5.83. The van der Waals surface area contributed by atoms with Gasteiger partial charge in [-0.15, -0.1) is 0 Å². The highest BCUT2D eigenvalue weighted by atomic mass is 16.5. The molecule has 4 aromatic rings. The molecule has 1 aromatic heterocycles. The Bertz CT molecular complexity index is 1220. The van der Waals surface area contributed by atoms with Gasteiger partial charge >= 0.3 is 0 Å². The fourth-order valence-electron chi connectivity index (χ4n) is 3.65. The van der Waals surface area contributed by atoms with E-state index in [0.717, 1.165) is 33.2 Å². The summed E-state index contributed by atoms with van der Waals surface area (Å²) in [6.07, 6.45) is 1.37. The first kappa shape index (κ1) is 19.2. The van der Waals surface area contributed by atoms with E-state index in [9.17, 15) is 4.79 Å². The molecule has 0 saturated heterocycles. The molecular formula is C25H26N2O2. The van der Waals surface area contributed by atoms with Crippen LogP contribution in [0.25, 0.3) is 21.7 Å². The molecule has 3 N–H and O–H groups in total. The Morgan fingerprint density at radius 3 is 2.52 bits per heavy atom. The second kappa shape index (κ2) is 7.72. The summed E-state index contributed by atoms with van der Waals surface area (Å²) in [5.41, 5.74) is 8.60. The number of nitrogens with two attached hydrogens (primary N) is 1. The molecule has 0 fully saturated rings. The van der Waals surface area contributed by atoms with Gasteiger partial charge in [0.25, 0.3) is 5.56 Å². The van der Waals surface area contributed by atoms with Crippen LogP contribution in [0.3, 0.4) is 0 Å². The van der Waals surface area contributed by atoms with Crippen molar-refractivity contribution in [3.8, 4) is 5.75 Å². The van der Waals surface area contributed by atoms with Crippen molar-refractivity contribution in [2.24, 2.45) is 5.73 Å². The monoisotopic (exact) mass is 386 g/mol. The van der Waals surface area contributed by atoms with E-state index in [1.807, 2.05) is 56.3 Å². The minimum absolute atomic E-state index is 0.0319. The van der Waals surface area contributed by atoms with Gasteiger partial charge < -0.3 is 15.5 Å². The molecule has 4 nitrogen and oxygen atoms in total. The van der Waals surface area contributed by atoms with Crippen molar-refractivity contribution in [1.29, 1.82) is 0 Å². The number of rotatable bonds is 6. The zero-order valence-corrected chi connectivity index (χ0v) is 16.9. The third kappa shape index (κ3) is 4.03. The molecule has 0 aliphatic heterocycles. The van der Waals surface area contributed by atoms with E-state index in [2.05, 4.69) is 29.2 Å². The van der Waals surface area contributed by atoms with Crippen molar-refractivity contribution in [3.63, 3.8) is 0 Å². The number of pyridine rings is 1. The van der Waals surface area contributed by atoms with Gasteiger partial charge in [0, 0.05) is 23.0 Å². The van der Waals surface area contributed by atoms with Crippen molar-refractivity contribution >= 4 is 21.7 Å². The van der Waals surface area contributed by atoms with Crippen LogP contribution in [0.4, 0.5) is 0 Å². The summed E-state index contributed by atoms with van der Waals surface area (Å²) >= 11 is 0. The SMILES string of the molecule is CCc1cc2ccc(C(C)(N)CCOc3ccc4ccccc4c3)cc2[nH]c1=O. The Kier molecular flexibility index (Phi) is 5.12. The average Bonchev–Trinajstić information content (AvgIpc) is 2.72. The third-order valence-electron chi connectivity index (χ3n) is 5.57. The van der Waals surface area contributed by atoms with Crippen LogP contribution >= 0.6 is 0 Å². The van der Waals surface area contributed by atoms with E-state index < -0.39 is 5.54 Å². The molecule has 29 heavy (non-hydrogen) atoms. The summed E-state index contributed by atoms with van der Waals surface area (Å²) in [7, 11) is 0. The first-order valence-corrected chi connectivity index (χ1v) is 10.0. The predicted molar refractivity (Wildman–Crippen MR) is 120 cm³/mol. The first-order valence-electron chi connectivity index (χ1n) is 10.0. The molecule has 1 unspecified atom stereocenters. The Morgan fingerprint density at radius 2 is 1.72 bits per heavy atom. The molecule has 3 aromatic carbocycles. The van der Waals surface area contributed by atoms with E-state index in [0.29, 0.717) is 19.4 Å². The van der Waals surface area contributed by atoms with Crippen LogP contribution in [0.15, 0.2) is 71.5 Å². The van der Waals surface area contributed by atoms with Crippen LogP contribution in [-0.2, 0) is 12.0 Å². The molecule has 0 aliphatic rings. The Hall–Kier alpha value is -3.11. The number of hydrogen-bond acceptors (Lipinski definition) is 3. The summed E-state index contributed by atoms with van der Waals surface area (Å²) < 4.78 is 5.97. The number of fused-ring (bicyclic) bond motifs is 2. The summed E-state index contributed by atoms with van der Waals surface area (Å²) in [6.45, 7) is 4.49. The van der Waals surface area contributed by atoms with Crippen molar-refractivity contribution < 1.29 is 4.74 Å². The van der Waals surface area contributed by atoms with Gasteiger partial charge in [-0.1, -0.05) is 49.4 Å². The van der Waals surface area contributed by atoms with Gasteiger partial charge in [0.2, 0.25) is 0 Å². The smallest absolute Gasteiger partial charge is 0.251 e. The maximum Gasteiger partial charge on any atom is 0.251 e. The van der Waals surface area contributed by atoms with Crippen LogP contribution in [0, 0.1) is 0 Å². The quantitative estimate of drug-likeness (QED) is 0.496. The zero-order valence-electron chi connectivity index (χ0n) is 16.9. The maximum atomic E-state index is 12.1. The normalized spacial score (nSPS) is 13.5. The van der Waals surface area contributed by atoms with Crippen LogP contribution in [0.2, 0.25) is 0 Å². The number of H-pyrrole nitrogens is 1. The largest absolute Gasteiger partial charge is 0.493 e. The lowest BCUT2D eigenvalue weighted by Gasteiger charge is -2.25. The molecular weight excluding hydrogens is 360 g/mol. The fourth-order valence-corrected chi connectivity index (χ4v) is 3.65. The van der Waals surface area contributed by atoms with Crippen LogP contribution in [-0.4, -0.2) is 11.6 Å². The van der Waals surface area contributed by atoms with Gasteiger partial charge in [-0.3, -0.25) is 4.79 Å². The number of aromatic nitrogens is 1. The van der Waals surface area contributed by atoms with Crippen molar-refractivity contribution in [2.75, 3.05) is 6.61 Å². The molecule has 0 spiro atoms. The van der Waals surface area contributed by atoms with Gasteiger partial charge in [0.1, 0.15) is 5.75 Å². The van der Waals surface area contributed by atoms with Crippen molar-refractivity contribution in [3.05, 3.63) is 88.2 Å². The summed E-state index contributed by atoms with van der Waals surface area (Å²) in [5.74, 6) is 0.842. The minimum atomic E-state index is -0.564. The number of aromatic amines is 1. The zero-order chi connectivity index (χ0) is 20.4. The Morgan fingerprint density at radius 1 is 0.966 bits per heavy atom. The van der Waals surface area contributed by atoms with E-state index >= 15 is 0 Å². The number of aryl methyl sites for hydroxylation is 1. The van der Waals surface area contributed by atoms with Crippen LogP contribution in [0.1, 0.15) is 31.4 Å². The third-order valence-corrected chi connectivity index (χ3v) is 5.57. The summed E-state index contributed by atoms with van der Waals surface area (Å²) in [4.78, 5) is 15.1. The van der Waals surface area contributed by atoms with Gasteiger partial charge in [-0.25, -0.2) is 0 Å². The van der Waals surface area contributed by atoms with Gasteiger partial charge in [0.15, 0.2) is 0 Å². The molecule has 0 amide bonds. The highest BCUT2D eigenvalue weighted by Crippen LogP contribution is 2.26. The second-order valence-electron chi connectivity index (χ2n) is 7.80. The van der Waals surface area contributed by atoms with Crippen LogP contribution < -0.4 is 16.0 Å². The molecule has 4 rings (SSSR count). The first-order chi connectivity index (χ1) is 14.0. The lowest BCUT2D eigenvalue weighted by molar-refractivity contribution is 0.267. The lowest BCUT2D eigenvalue weighted by atomic mass is 9.89. The number of benzene rings is 3. The number of ether oxygens (including phenoxy) is 1. The minimum Gasteiger partial charge on any atom is -0.493 e. The average molecular weight is 386 g/mol.